The largest absolute Gasteiger partial charge is 0.394 e. The van der Waals surface area contributed by atoms with Gasteiger partial charge in [0, 0.05) is 11.9 Å². The Hall–Kier alpha value is 0.240. The number of halogens is 1. The Morgan fingerprint density at radius 3 is 1.96 bits per heavy atom. The third-order valence-electron chi connectivity index (χ3n) is 4.18. The van der Waals surface area contributed by atoms with E-state index in [1.54, 1.807) is 0 Å². The summed E-state index contributed by atoms with van der Waals surface area (Å²) in [5.74, 6) is 0. The number of unbranched alkanes of at least 4 members (excludes halogenated alkanes) is 7. The van der Waals surface area contributed by atoms with Crippen LogP contribution in [-0.2, 0) is 9.47 Å². The smallest absolute Gasteiger partial charge is 0.184 e. The normalized spacial score (nSPS) is 31.4. The Morgan fingerprint density at radius 2 is 1.39 bits per heavy atom. The first kappa shape index (κ1) is 21.3. The molecule has 23 heavy (non-hydrogen) atoms. The second kappa shape index (κ2) is 12.6. The number of alkyl halides is 1. The molecule has 0 aliphatic carbocycles. The Balaban J connectivity index is 2.09. The van der Waals surface area contributed by atoms with Crippen LogP contribution in [0, 0.1) is 0 Å². The maximum absolute atomic E-state index is 9.98. The highest BCUT2D eigenvalue weighted by atomic mass is 79.9. The number of aliphatic hydroxyl groups is 4. The van der Waals surface area contributed by atoms with Gasteiger partial charge in [-0.2, -0.15) is 0 Å². The highest BCUT2D eigenvalue weighted by molar-refractivity contribution is 9.09. The molecule has 0 saturated carbocycles. The number of rotatable bonds is 12. The van der Waals surface area contributed by atoms with Gasteiger partial charge in [0.1, 0.15) is 24.4 Å². The Kier molecular flexibility index (Phi) is 11.6. The number of aliphatic hydroxyl groups excluding tert-OH is 4. The van der Waals surface area contributed by atoms with Crippen molar-refractivity contribution in [1.29, 1.82) is 0 Å². The van der Waals surface area contributed by atoms with Crippen molar-refractivity contribution in [2.75, 3.05) is 18.5 Å². The monoisotopic (exact) mass is 398 g/mol. The van der Waals surface area contributed by atoms with Crippen molar-refractivity contribution in [3.8, 4) is 0 Å². The molecule has 1 aliphatic heterocycles. The van der Waals surface area contributed by atoms with Gasteiger partial charge in [0.15, 0.2) is 6.29 Å². The van der Waals surface area contributed by atoms with E-state index in [2.05, 4.69) is 15.9 Å². The molecule has 0 aromatic carbocycles. The SMILES string of the molecule is OC[C@H]1O[C@@H](O)[C@H](O)[C@@H](OCCCCCCCCCCBr)[C@@H]1O. The molecule has 0 amide bonds. The van der Waals surface area contributed by atoms with Gasteiger partial charge in [0.25, 0.3) is 0 Å². The van der Waals surface area contributed by atoms with Crippen LogP contribution in [-0.4, -0.2) is 69.7 Å². The number of ether oxygens (including phenoxy) is 2. The zero-order chi connectivity index (χ0) is 17.1. The van der Waals surface area contributed by atoms with Crippen molar-refractivity contribution in [2.45, 2.75) is 82.1 Å². The number of hydrogen-bond donors (Lipinski definition) is 4. The molecule has 6 nitrogen and oxygen atoms in total. The fraction of sp³-hybridized carbons (Fsp3) is 1.00. The molecule has 1 aliphatic rings. The molecule has 0 radical (unpaired) electrons. The first-order chi connectivity index (χ1) is 11.1. The summed E-state index contributed by atoms with van der Waals surface area (Å²) < 4.78 is 10.4. The van der Waals surface area contributed by atoms with Gasteiger partial charge in [0.05, 0.1) is 6.61 Å². The molecule has 7 heteroatoms. The van der Waals surface area contributed by atoms with Gasteiger partial charge in [-0.25, -0.2) is 0 Å². The molecule has 0 unspecified atom stereocenters. The summed E-state index contributed by atoms with van der Waals surface area (Å²) in [4.78, 5) is 0. The summed E-state index contributed by atoms with van der Waals surface area (Å²) in [5, 5.41) is 39.5. The third kappa shape index (κ3) is 7.77. The van der Waals surface area contributed by atoms with Crippen LogP contribution in [0.4, 0.5) is 0 Å². The molecule has 5 atom stereocenters. The van der Waals surface area contributed by atoms with Gasteiger partial charge in [0.2, 0.25) is 0 Å². The molecule has 0 bridgehead atoms. The van der Waals surface area contributed by atoms with E-state index in [4.69, 9.17) is 14.6 Å². The summed E-state index contributed by atoms with van der Waals surface area (Å²) in [6.07, 6.45) is 3.56. The zero-order valence-electron chi connectivity index (χ0n) is 13.6. The summed E-state index contributed by atoms with van der Waals surface area (Å²) in [5.41, 5.74) is 0. The molecule has 0 aromatic heterocycles. The lowest BCUT2D eigenvalue weighted by Gasteiger charge is -2.39. The van der Waals surface area contributed by atoms with Crippen LogP contribution in [0.5, 0.6) is 0 Å². The van der Waals surface area contributed by atoms with E-state index in [1.165, 1.54) is 32.1 Å². The van der Waals surface area contributed by atoms with Gasteiger partial charge in [-0.05, 0) is 12.8 Å². The molecule has 4 N–H and O–H groups in total. The van der Waals surface area contributed by atoms with Crippen LogP contribution in [0.2, 0.25) is 0 Å². The molecular weight excluding hydrogens is 368 g/mol. The predicted molar refractivity (Wildman–Crippen MR) is 90.4 cm³/mol. The van der Waals surface area contributed by atoms with Crippen molar-refractivity contribution in [2.24, 2.45) is 0 Å². The van der Waals surface area contributed by atoms with E-state index in [1.807, 2.05) is 0 Å². The van der Waals surface area contributed by atoms with Crippen molar-refractivity contribution in [1.82, 2.24) is 0 Å². The fourth-order valence-electron chi connectivity index (χ4n) is 2.74. The van der Waals surface area contributed by atoms with Gasteiger partial charge < -0.3 is 29.9 Å². The molecule has 1 saturated heterocycles. The van der Waals surface area contributed by atoms with Gasteiger partial charge in [-0.15, -0.1) is 0 Å². The summed E-state index contributed by atoms with van der Waals surface area (Å²) >= 11 is 3.43. The quantitative estimate of drug-likeness (QED) is 0.292. The minimum Gasteiger partial charge on any atom is -0.394 e. The van der Waals surface area contributed by atoms with E-state index < -0.39 is 37.3 Å². The molecule has 138 valence electrons. The van der Waals surface area contributed by atoms with Gasteiger partial charge in [-0.3, -0.25) is 0 Å². The minimum atomic E-state index is -1.44. The Bertz CT molecular complexity index is 294. The lowest BCUT2D eigenvalue weighted by Crippen LogP contribution is -2.59. The van der Waals surface area contributed by atoms with Crippen LogP contribution in [0.25, 0.3) is 0 Å². The van der Waals surface area contributed by atoms with Crippen LogP contribution in [0.15, 0.2) is 0 Å². The van der Waals surface area contributed by atoms with Crippen LogP contribution in [0.3, 0.4) is 0 Å². The molecule has 0 spiro atoms. The van der Waals surface area contributed by atoms with Crippen molar-refractivity contribution >= 4 is 15.9 Å². The lowest BCUT2D eigenvalue weighted by atomic mass is 9.99. The van der Waals surface area contributed by atoms with Crippen LogP contribution in [0.1, 0.15) is 51.4 Å². The molecule has 0 aromatic rings. The second-order valence-electron chi connectivity index (χ2n) is 6.08. The topological polar surface area (TPSA) is 99.4 Å². The highest BCUT2D eigenvalue weighted by Gasteiger charge is 2.44. The Morgan fingerprint density at radius 1 is 0.826 bits per heavy atom. The average Bonchev–Trinajstić information content (AvgIpc) is 2.55. The maximum atomic E-state index is 9.98. The Labute approximate surface area is 146 Å². The van der Waals surface area contributed by atoms with Crippen molar-refractivity contribution < 1.29 is 29.9 Å². The van der Waals surface area contributed by atoms with Crippen LogP contribution < -0.4 is 0 Å². The van der Waals surface area contributed by atoms with Crippen LogP contribution >= 0.6 is 15.9 Å². The first-order valence-corrected chi connectivity index (χ1v) is 9.72. The van der Waals surface area contributed by atoms with Gasteiger partial charge in [-0.1, -0.05) is 54.5 Å². The fourth-order valence-corrected chi connectivity index (χ4v) is 3.14. The molecule has 1 fully saturated rings. The molecule has 1 rings (SSSR count). The second-order valence-corrected chi connectivity index (χ2v) is 6.87. The predicted octanol–water partition coefficient (Wildman–Crippen LogP) is 1.32. The molecular formula is C16H31BrO6. The van der Waals surface area contributed by atoms with E-state index in [0.717, 1.165) is 24.6 Å². The van der Waals surface area contributed by atoms with E-state index in [0.29, 0.717) is 6.61 Å². The van der Waals surface area contributed by atoms with E-state index in [9.17, 15) is 15.3 Å². The van der Waals surface area contributed by atoms with Gasteiger partial charge >= 0.3 is 0 Å². The zero-order valence-corrected chi connectivity index (χ0v) is 15.2. The minimum absolute atomic E-state index is 0.410. The third-order valence-corrected chi connectivity index (χ3v) is 4.74. The van der Waals surface area contributed by atoms with Crippen molar-refractivity contribution in [3.05, 3.63) is 0 Å². The molecule has 1 heterocycles. The first-order valence-electron chi connectivity index (χ1n) is 8.60. The lowest BCUT2D eigenvalue weighted by molar-refractivity contribution is -0.294. The van der Waals surface area contributed by atoms with Crippen molar-refractivity contribution in [3.63, 3.8) is 0 Å². The summed E-state index contributed by atoms with van der Waals surface area (Å²) in [6, 6.07) is 0. The highest BCUT2D eigenvalue weighted by Crippen LogP contribution is 2.22. The maximum Gasteiger partial charge on any atom is 0.184 e. The number of hydrogen-bond acceptors (Lipinski definition) is 6. The standard InChI is InChI=1S/C16H31BrO6/c17-9-7-5-3-1-2-4-6-8-10-22-15-13(19)12(11-18)23-16(21)14(15)20/h12-16,18-21H,1-11H2/t12-,13-,14-,15+,16-/m1/s1. The van der Waals surface area contributed by atoms with E-state index in [-0.39, 0.29) is 0 Å². The summed E-state index contributed by atoms with van der Waals surface area (Å²) in [7, 11) is 0. The average molecular weight is 399 g/mol. The van der Waals surface area contributed by atoms with E-state index >= 15 is 0 Å². The summed E-state index contributed by atoms with van der Waals surface area (Å²) in [6.45, 7) is -0.0207.